The van der Waals surface area contributed by atoms with Crippen molar-refractivity contribution in [2.24, 2.45) is 0 Å². The zero-order chi connectivity index (χ0) is 27.2. The molecule has 0 saturated heterocycles. The van der Waals surface area contributed by atoms with Crippen LogP contribution in [-0.2, 0) is 20.8 Å². The van der Waals surface area contributed by atoms with Crippen LogP contribution >= 0.6 is 0 Å². The number of nitrogens with zero attached hydrogens (tertiary/aromatic N) is 1. The molecule has 10 heteroatoms. The number of alkyl carbamates (subject to hydrolysis) is 1. The first-order valence-electron chi connectivity index (χ1n) is 13.3. The molecule has 2 aliphatic carbocycles. The van der Waals surface area contributed by atoms with Gasteiger partial charge < -0.3 is 30.3 Å². The van der Waals surface area contributed by atoms with Crippen molar-refractivity contribution in [3.8, 4) is 11.1 Å². The van der Waals surface area contributed by atoms with E-state index in [1.807, 2.05) is 48.5 Å². The molecule has 41 heavy (non-hydrogen) atoms. The number of nitrogens with one attached hydrogen (secondary N) is 1. The first-order valence-corrected chi connectivity index (χ1v) is 13.3. The van der Waals surface area contributed by atoms with Gasteiger partial charge in [-0.15, -0.1) is 35.4 Å². The molecule has 2 amide bonds. The Balaban J connectivity index is 0.00000231. The van der Waals surface area contributed by atoms with Crippen molar-refractivity contribution in [3.05, 3.63) is 101 Å². The largest absolute Gasteiger partial charge is 1.00 e. The minimum Gasteiger partial charge on any atom is -0.572 e. The zero-order valence-corrected chi connectivity index (χ0v) is 33.3. The van der Waals surface area contributed by atoms with Gasteiger partial charge in [-0.1, -0.05) is 67.8 Å². The molecule has 5 rings (SSSR count). The van der Waals surface area contributed by atoms with Crippen LogP contribution in [-0.4, -0.2) is 41.8 Å². The molecule has 202 valence electrons. The van der Waals surface area contributed by atoms with Crippen LogP contribution in [0.2, 0.25) is 0 Å². The quantitative estimate of drug-likeness (QED) is 0.237. The number of carbonyl (C=O) groups is 3. The number of hydroxylamine groups is 1. The van der Waals surface area contributed by atoms with Gasteiger partial charge in [-0.2, -0.15) is 0 Å². The van der Waals surface area contributed by atoms with Gasteiger partial charge in [-0.3, -0.25) is 4.79 Å². The third-order valence-corrected chi connectivity index (χ3v) is 7.32. The first kappa shape index (κ1) is 34.9. The fourth-order valence-electron chi connectivity index (χ4n) is 5.28. The predicted molar refractivity (Wildman–Crippen MR) is 144 cm³/mol. The summed E-state index contributed by atoms with van der Waals surface area (Å²) in [5, 5.41) is 12.1. The van der Waals surface area contributed by atoms with E-state index in [0.717, 1.165) is 47.9 Å². The number of carboxylic acids is 1. The van der Waals surface area contributed by atoms with E-state index < -0.39 is 24.0 Å². The smallest absolute Gasteiger partial charge is 0.572 e. The summed E-state index contributed by atoms with van der Waals surface area (Å²) in [4.78, 5) is 42.2. The van der Waals surface area contributed by atoms with Crippen LogP contribution in [0, 0.1) is 6.07 Å². The minimum atomic E-state index is -1.21. The van der Waals surface area contributed by atoms with E-state index in [0.29, 0.717) is 5.56 Å². The molecule has 2 aliphatic rings. The standard InChI is InChI=1S/C31H31N2O6.2Rb/c34-29(33-39-22-8-2-1-3-9-22)21-16-14-20(15-17-21)18-28(30(35)36)32-31(37)38-19-27-25-12-6-4-10-23(25)24-11-5-7-13-26(24)27;;/h4-7,10-16,22,27-28H,1-3,8-9,18-19H2,(H3,32,33,34,35,36,37);;/q-1;2*+1/p-1/t28-;;/m0../s1. The number of carboxylic acid groups (broad SMARTS) is 1. The van der Waals surface area contributed by atoms with Crippen molar-refractivity contribution in [2.45, 2.75) is 56.6 Å². The molecule has 1 atom stereocenters. The maximum Gasteiger partial charge on any atom is 1.00 e. The van der Waals surface area contributed by atoms with Gasteiger partial charge in [0, 0.05) is 17.9 Å². The van der Waals surface area contributed by atoms with Crippen LogP contribution in [0.1, 0.15) is 65.1 Å². The van der Waals surface area contributed by atoms with Crippen molar-refractivity contribution in [1.29, 1.82) is 0 Å². The van der Waals surface area contributed by atoms with E-state index in [2.05, 4.69) is 16.9 Å². The van der Waals surface area contributed by atoms with E-state index in [4.69, 9.17) is 9.57 Å². The molecule has 0 unspecified atom stereocenters. The summed E-state index contributed by atoms with van der Waals surface area (Å²) in [5.41, 5.74) is 8.90. The molecule has 0 radical (unpaired) electrons. The molecular weight excluding hydrogens is 667 g/mol. The van der Waals surface area contributed by atoms with Gasteiger partial charge in [0.2, 0.25) is 0 Å². The van der Waals surface area contributed by atoms with Crippen LogP contribution in [0.15, 0.2) is 66.7 Å². The Hall–Kier alpha value is -0.560. The number of amides is 2. The Morgan fingerprint density at radius 2 is 1.56 bits per heavy atom. The van der Waals surface area contributed by atoms with Gasteiger partial charge in [0.05, 0.1) is 0 Å². The number of benzene rings is 3. The third-order valence-electron chi connectivity index (χ3n) is 7.32. The third kappa shape index (κ3) is 9.22. The van der Waals surface area contributed by atoms with Gasteiger partial charge in [-0.05, 0) is 41.5 Å². The number of hydrogen-bond donors (Lipinski definition) is 2. The Morgan fingerprint density at radius 3 is 2.15 bits per heavy atom. The van der Waals surface area contributed by atoms with E-state index >= 15 is 0 Å². The molecule has 0 heterocycles. The maximum atomic E-state index is 12.6. The fourth-order valence-corrected chi connectivity index (χ4v) is 5.28. The van der Waals surface area contributed by atoms with Crippen molar-refractivity contribution >= 4 is 18.0 Å². The van der Waals surface area contributed by atoms with Gasteiger partial charge in [0.15, 0.2) is 0 Å². The molecule has 2 N–H and O–H groups in total. The van der Waals surface area contributed by atoms with E-state index in [9.17, 15) is 19.5 Å². The molecule has 0 spiro atoms. The van der Waals surface area contributed by atoms with E-state index in [1.165, 1.54) is 18.6 Å². The summed E-state index contributed by atoms with van der Waals surface area (Å²) in [6.07, 6.45) is 4.28. The number of rotatable bonds is 9. The first-order chi connectivity index (χ1) is 19.0. The molecule has 0 aromatic heterocycles. The molecule has 1 fully saturated rings. The average molecular weight is 698 g/mol. The van der Waals surface area contributed by atoms with Crippen LogP contribution in [0.5, 0.6) is 0 Å². The van der Waals surface area contributed by atoms with Gasteiger partial charge in [0.25, 0.3) is 0 Å². The number of carbonyl (C=O) groups excluding carboxylic acids is 2. The van der Waals surface area contributed by atoms with Crippen LogP contribution in [0.3, 0.4) is 0 Å². The van der Waals surface area contributed by atoms with Crippen molar-refractivity contribution in [1.82, 2.24) is 5.32 Å². The number of fused-ring (bicyclic) bond motifs is 3. The number of ether oxygens (including phenoxy) is 1. The monoisotopic (exact) mass is 696 g/mol. The molecule has 1 saturated carbocycles. The molecule has 3 aromatic rings. The summed E-state index contributed by atoms with van der Waals surface area (Å²) in [7, 11) is 0. The summed E-state index contributed by atoms with van der Waals surface area (Å²) >= 11 is 0. The molecule has 0 aliphatic heterocycles. The zero-order valence-electron chi connectivity index (χ0n) is 23.5. The predicted octanol–water partition coefficient (Wildman–Crippen LogP) is -0.193. The Labute approximate surface area is 337 Å². The SMILES string of the molecule is O=C(N[C@@H](Cc1c[c-]c(C(=O)[N-]OC2CCCCC2)cc1)C(=O)O)OCC1c2ccccc2-c2ccccc21.[Rb+].[Rb+]. The van der Waals surface area contributed by atoms with Gasteiger partial charge in [-0.25, -0.2) is 4.79 Å². The van der Waals surface area contributed by atoms with Crippen molar-refractivity contribution in [3.63, 3.8) is 0 Å². The Kier molecular flexibility index (Phi) is 14.5. The van der Waals surface area contributed by atoms with Gasteiger partial charge in [0.1, 0.15) is 12.6 Å². The second kappa shape index (κ2) is 17.1. The normalized spacial score (nSPS) is 14.8. The maximum absolute atomic E-state index is 12.6. The Morgan fingerprint density at radius 1 is 0.927 bits per heavy atom. The summed E-state index contributed by atoms with van der Waals surface area (Å²) in [6, 6.07) is 22.3. The summed E-state index contributed by atoms with van der Waals surface area (Å²) in [5.74, 6) is -1.85. The average Bonchev–Trinajstić information content (AvgIpc) is 3.29. The van der Waals surface area contributed by atoms with E-state index in [-0.39, 0.29) is 147 Å². The van der Waals surface area contributed by atoms with Crippen LogP contribution in [0.4, 0.5) is 4.79 Å². The second-order valence-corrected chi connectivity index (χ2v) is 9.94. The number of hydrogen-bond acceptors (Lipinski definition) is 5. The summed E-state index contributed by atoms with van der Waals surface area (Å²) < 4.78 is 5.49. The molecule has 3 aromatic carbocycles. The van der Waals surface area contributed by atoms with Gasteiger partial charge >= 0.3 is 128 Å². The minimum absolute atomic E-state index is 0. The summed E-state index contributed by atoms with van der Waals surface area (Å²) in [6.45, 7) is 0.0865. The van der Waals surface area contributed by atoms with Crippen LogP contribution in [0.25, 0.3) is 16.6 Å². The van der Waals surface area contributed by atoms with Crippen molar-refractivity contribution < 1.29 is 145 Å². The molecule has 8 nitrogen and oxygen atoms in total. The Bertz CT molecular complexity index is 1300. The number of aliphatic carboxylic acids is 1. The topological polar surface area (TPSA) is 116 Å². The fraction of sp³-hybridized carbons (Fsp3) is 0.323. The van der Waals surface area contributed by atoms with Crippen LogP contribution < -0.4 is 122 Å². The van der Waals surface area contributed by atoms with Crippen molar-refractivity contribution in [2.75, 3.05) is 6.61 Å². The van der Waals surface area contributed by atoms with E-state index in [1.54, 1.807) is 6.07 Å². The second-order valence-electron chi connectivity index (χ2n) is 9.94. The molecule has 0 bridgehead atoms. The molecular formula is C31H30N2O6Rb2.